The molecule has 1 fully saturated rings. The number of benzene rings is 1. The summed E-state index contributed by atoms with van der Waals surface area (Å²) in [6, 6.07) is 5.25. The van der Waals surface area contributed by atoms with Crippen LogP contribution >= 0.6 is 11.6 Å². The molecule has 0 aromatic heterocycles. The first-order chi connectivity index (χ1) is 12.0. The van der Waals surface area contributed by atoms with Crippen molar-refractivity contribution in [1.29, 1.82) is 0 Å². The molecular formula is C17H25ClN4O3. The van der Waals surface area contributed by atoms with Crippen LogP contribution in [0.4, 0.5) is 10.5 Å². The van der Waals surface area contributed by atoms with Crippen molar-refractivity contribution >= 4 is 29.2 Å². The fourth-order valence-corrected chi connectivity index (χ4v) is 2.87. The van der Waals surface area contributed by atoms with Crippen molar-refractivity contribution in [2.75, 3.05) is 51.7 Å². The Labute approximate surface area is 153 Å². The Morgan fingerprint density at radius 2 is 1.88 bits per heavy atom. The fourth-order valence-electron chi connectivity index (χ4n) is 2.70. The third kappa shape index (κ3) is 5.42. The fraction of sp³-hybridized carbons (Fsp3) is 0.529. The van der Waals surface area contributed by atoms with Gasteiger partial charge in [0.25, 0.3) is 0 Å². The van der Waals surface area contributed by atoms with Gasteiger partial charge in [-0.25, -0.2) is 4.79 Å². The molecule has 1 aromatic rings. The molecule has 1 aromatic carbocycles. The number of carbonyl (C=O) groups excluding carboxylic acids is 2. The van der Waals surface area contributed by atoms with Crippen LogP contribution in [0.1, 0.15) is 13.3 Å². The first kappa shape index (κ1) is 19.2. The highest BCUT2D eigenvalue weighted by molar-refractivity contribution is 6.30. The van der Waals surface area contributed by atoms with Gasteiger partial charge < -0.3 is 25.2 Å². The van der Waals surface area contributed by atoms with E-state index < -0.39 is 0 Å². The summed E-state index contributed by atoms with van der Waals surface area (Å²) in [5.74, 6) is 0.761. The van der Waals surface area contributed by atoms with Gasteiger partial charge in [-0.2, -0.15) is 0 Å². The van der Waals surface area contributed by atoms with Crippen LogP contribution in [0, 0.1) is 0 Å². The van der Waals surface area contributed by atoms with Crippen molar-refractivity contribution in [3.63, 3.8) is 0 Å². The zero-order valence-corrected chi connectivity index (χ0v) is 15.4. The van der Waals surface area contributed by atoms with Crippen LogP contribution in [0.15, 0.2) is 18.2 Å². The molecule has 8 heteroatoms. The third-order valence-corrected chi connectivity index (χ3v) is 4.30. The lowest BCUT2D eigenvalue weighted by molar-refractivity contribution is -0.132. The molecule has 0 aliphatic carbocycles. The van der Waals surface area contributed by atoms with E-state index in [0.717, 1.165) is 5.69 Å². The summed E-state index contributed by atoms with van der Waals surface area (Å²) in [5.41, 5.74) is 0.767. The molecule has 138 valence electrons. The molecule has 0 bridgehead atoms. The van der Waals surface area contributed by atoms with Crippen LogP contribution in [0.25, 0.3) is 0 Å². The van der Waals surface area contributed by atoms with Crippen LogP contribution in [-0.2, 0) is 4.79 Å². The van der Waals surface area contributed by atoms with E-state index in [4.69, 9.17) is 16.3 Å². The summed E-state index contributed by atoms with van der Waals surface area (Å²) in [6.45, 7) is 5.25. The van der Waals surface area contributed by atoms with E-state index in [1.807, 2.05) is 6.92 Å². The van der Waals surface area contributed by atoms with Gasteiger partial charge in [0.2, 0.25) is 5.91 Å². The third-order valence-electron chi connectivity index (χ3n) is 4.06. The minimum absolute atomic E-state index is 0.0654. The van der Waals surface area contributed by atoms with E-state index in [-0.39, 0.29) is 11.9 Å². The quantitative estimate of drug-likeness (QED) is 0.805. The normalized spacial score (nSPS) is 14.2. The van der Waals surface area contributed by atoms with Crippen LogP contribution in [0.2, 0.25) is 5.02 Å². The second kappa shape index (κ2) is 9.36. The van der Waals surface area contributed by atoms with Gasteiger partial charge in [0.1, 0.15) is 5.75 Å². The summed E-state index contributed by atoms with van der Waals surface area (Å²) >= 11 is 5.99. The molecule has 0 saturated carbocycles. The zero-order valence-electron chi connectivity index (χ0n) is 14.7. The maximum atomic E-state index is 12.3. The van der Waals surface area contributed by atoms with Crippen molar-refractivity contribution in [2.24, 2.45) is 0 Å². The maximum absolute atomic E-state index is 12.3. The molecule has 2 rings (SSSR count). The molecule has 0 spiro atoms. The number of hydrogen-bond donors (Lipinski definition) is 2. The SMILES string of the molecule is CCNC(=O)N1CCN(C(=O)CCNc2cc(Cl)ccc2OC)CC1. The van der Waals surface area contributed by atoms with Crippen molar-refractivity contribution < 1.29 is 14.3 Å². The van der Waals surface area contributed by atoms with Crippen molar-refractivity contribution in [3.8, 4) is 5.75 Å². The number of ether oxygens (including phenoxy) is 1. The molecular weight excluding hydrogens is 344 g/mol. The largest absolute Gasteiger partial charge is 0.495 e. The maximum Gasteiger partial charge on any atom is 0.317 e. The molecule has 7 nitrogen and oxygen atoms in total. The summed E-state index contributed by atoms with van der Waals surface area (Å²) in [4.78, 5) is 27.6. The minimum Gasteiger partial charge on any atom is -0.495 e. The Morgan fingerprint density at radius 3 is 2.52 bits per heavy atom. The highest BCUT2D eigenvalue weighted by Gasteiger charge is 2.23. The Morgan fingerprint density at radius 1 is 1.20 bits per heavy atom. The van der Waals surface area contributed by atoms with Crippen molar-refractivity contribution in [1.82, 2.24) is 15.1 Å². The Balaban J connectivity index is 1.76. The monoisotopic (exact) mass is 368 g/mol. The van der Waals surface area contributed by atoms with Gasteiger partial charge in [0.05, 0.1) is 12.8 Å². The number of anilines is 1. The zero-order chi connectivity index (χ0) is 18.2. The number of carbonyl (C=O) groups is 2. The van der Waals surface area contributed by atoms with E-state index in [1.165, 1.54) is 0 Å². The van der Waals surface area contributed by atoms with Gasteiger partial charge in [-0.15, -0.1) is 0 Å². The Bertz CT molecular complexity index is 604. The molecule has 0 radical (unpaired) electrons. The molecule has 1 heterocycles. The average molecular weight is 369 g/mol. The summed E-state index contributed by atoms with van der Waals surface area (Å²) < 4.78 is 5.27. The lowest BCUT2D eigenvalue weighted by Gasteiger charge is -2.34. The molecule has 1 aliphatic rings. The van der Waals surface area contributed by atoms with Gasteiger partial charge >= 0.3 is 6.03 Å². The molecule has 1 aliphatic heterocycles. The first-order valence-corrected chi connectivity index (χ1v) is 8.81. The minimum atomic E-state index is -0.0654. The van der Waals surface area contributed by atoms with E-state index in [9.17, 15) is 9.59 Å². The number of halogens is 1. The molecule has 0 unspecified atom stereocenters. The Hall–Kier alpha value is -2.15. The molecule has 3 amide bonds. The van der Waals surface area contributed by atoms with E-state index in [1.54, 1.807) is 35.1 Å². The first-order valence-electron chi connectivity index (χ1n) is 8.43. The number of nitrogens with one attached hydrogen (secondary N) is 2. The molecule has 2 N–H and O–H groups in total. The number of methoxy groups -OCH3 is 1. The van der Waals surface area contributed by atoms with Crippen molar-refractivity contribution in [3.05, 3.63) is 23.2 Å². The lowest BCUT2D eigenvalue weighted by Crippen LogP contribution is -2.53. The predicted octanol–water partition coefficient (Wildman–Crippen LogP) is 2.02. The van der Waals surface area contributed by atoms with Crippen molar-refractivity contribution in [2.45, 2.75) is 13.3 Å². The predicted molar refractivity (Wildman–Crippen MR) is 98.3 cm³/mol. The number of urea groups is 1. The van der Waals surface area contributed by atoms with E-state index >= 15 is 0 Å². The lowest BCUT2D eigenvalue weighted by atomic mass is 10.2. The number of nitrogens with zero attached hydrogens (tertiary/aromatic N) is 2. The van der Waals surface area contributed by atoms with E-state index in [2.05, 4.69) is 10.6 Å². The highest BCUT2D eigenvalue weighted by atomic mass is 35.5. The number of rotatable bonds is 6. The summed E-state index contributed by atoms with van der Waals surface area (Å²) in [6.07, 6.45) is 0.372. The second-order valence-electron chi connectivity index (χ2n) is 5.72. The van der Waals surface area contributed by atoms with Crippen LogP contribution in [-0.4, -0.2) is 68.1 Å². The number of piperazine rings is 1. The molecule has 25 heavy (non-hydrogen) atoms. The van der Waals surface area contributed by atoms with Crippen LogP contribution < -0.4 is 15.4 Å². The summed E-state index contributed by atoms with van der Waals surface area (Å²) in [7, 11) is 1.59. The van der Waals surface area contributed by atoms with Gasteiger partial charge in [-0.05, 0) is 25.1 Å². The molecule has 1 saturated heterocycles. The summed E-state index contributed by atoms with van der Waals surface area (Å²) in [5, 5.41) is 6.57. The van der Waals surface area contributed by atoms with E-state index in [0.29, 0.717) is 56.5 Å². The standard InChI is InChI=1S/C17H25ClN4O3/c1-3-19-17(24)22-10-8-21(9-11-22)16(23)6-7-20-14-12-13(18)4-5-15(14)25-2/h4-5,12,20H,3,6-11H2,1-2H3,(H,19,24). The molecule has 0 atom stereocenters. The number of amides is 3. The van der Waals surface area contributed by atoms with Crippen LogP contribution in [0.3, 0.4) is 0 Å². The highest BCUT2D eigenvalue weighted by Crippen LogP contribution is 2.27. The van der Waals surface area contributed by atoms with Gasteiger partial charge in [-0.3, -0.25) is 4.79 Å². The van der Waals surface area contributed by atoms with Gasteiger partial charge in [0, 0.05) is 50.7 Å². The smallest absolute Gasteiger partial charge is 0.317 e. The Kier molecular flexibility index (Phi) is 7.18. The average Bonchev–Trinajstić information content (AvgIpc) is 2.62. The van der Waals surface area contributed by atoms with Crippen LogP contribution in [0.5, 0.6) is 5.75 Å². The topological polar surface area (TPSA) is 73.9 Å². The second-order valence-corrected chi connectivity index (χ2v) is 6.16. The van der Waals surface area contributed by atoms with Gasteiger partial charge in [-0.1, -0.05) is 11.6 Å². The van der Waals surface area contributed by atoms with Gasteiger partial charge in [0.15, 0.2) is 0 Å². The number of hydrogen-bond acceptors (Lipinski definition) is 4.